The van der Waals surface area contributed by atoms with Crippen LogP contribution in [0.5, 0.6) is 0 Å². The normalized spacial score (nSPS) is 11.3. The summed E-state index contributed by atoms with van der Waals surface area (Å²) in [6, 6.07) is 4.13. The van der Waals surface area contributed by atoms with Crippen molar-refractivity contribution in [2.24, 2.45) is 0 Å². The fourth-order valence-corrected chi connectivity index (χ4v) is 1.98. The zero-order chi connectivity index (χ0) is 14.0. The van der Waals surface area contributed by atoms with Crippen molar-refractivity contribution in [2.75, 3.05) is 5.32 Å². The van der Waals surface area contributed by atoms with E-state index >= 15 is 0 Å². The molecule has 2 heterocycles. The Hall–Kier alpha value is -1.43. The van der Waals surface area contributed by atoms with Crippen LogP contribution in [0, 0.1) is 0 Å². The van der Waals surface area contributed by atoms with Crippen LogP contribution in [0.1, 0.15) is 45.5 Å². The summed E-state index contributed by atoms with van der Waals surface area (Å²) in [6.07, 6.45) is 1.95. The first-order valence-corrected chi connectivity index (χ1v) is 7.11. The number of rotatable bonds is 4. The lowest BCUT2D eigenvalue weighted by atomic mass is 10.2. The van der Waals surface area contributed by atoms with E-state index in [4.69, 9.17) is 0 Å². The maximum Gasteiger partial charge on any atom is 0.153 e. The number of halogens is 1. The first-order chi connectivity index (χ1) is 8.95. The van der Waals surface area contributed by atoms with E-state index < -0.39 is 0 Å². The maximum atomic E-state index is 4.48. The molecule has 2 aromatic rings. The molecule has 6 heteroatoms. The molecule has 0 fully saturated rings. The van der Waals surface area contributed by atoms with Gasteiger partial charge >= 0.3 is 0 Å². The second-order valence-electron chi connectivity index (χ2n) is 4.99. The van der Waals surface area contributed by atoms with Crippen molar-refractivity contribution >= 4 is 27.6 Å². The summed E-state index contributed by atoms with van der Waals surface area (Å²) in [6.45, 7) is 8.32. The highest BCUT2D eigenvalue weighted by Gasteiger charge is 2.08. The summed E-state index contributed by atoms with van der Waals surface area (Å²) in [5.74, 6) is 2.63. The predicted octanol–water partition coefficient (Wildman–Crippen LogP) is 3.88. The fourth-order valence-electron chi connectivity index (χ4n) is 1.58. The van der Waals surface area contributed by atoms with Crippen LogP contribution in [0.4, 0.5) is 11.6 Å². The second-order valence-corrected chi connectivity index (χ2v) is 5.80. The van der Waals surface area contributed by atoms with Gasteiger partial charge in [-0.1, -0.05) is 13.8 Å². The molecule has 0 aliphatic carbocycles. The zero-order valence-corrected chi connectivity index (χ0v) is 13.1. The lowest BCUT2D eigenvalue weighted by Crippen LogP contribution is -2.04. The van der Waals surface area contributed by atoms with Crippen molar-refractivity contribution in [1.29, 1.82) is 0 Å². The Morgan fingerprint density at radius 3 is 2.47 bits per heavy atom. The average molecular weight is 324 g/mol. The molecule has 0 amide bonds. The van der Waals surface area contributed by atoms with Crippen LogP contribution in [0.2, 0.25) is 0 Å². The Bertz CT molecular complexity index is 562. The molecule has 0 radical (unpaired) electrons. The second kappa shape index (κ2) is 5.69. The first kappa shape index (κ1) is 14.0. The van der Waals surface area contributed by atoms with Crippen LogP contribution in [-0.4, -0.2) is 19.7 Å². The molecular formula is C13H18BrN5. The van der Waals surface area contributed by atoms with E-state index in [2.05, 4.69) is 64.0 Å². The van der Waals surface area contributed by atoms with E-state index in [-0.39, 0.29) is 5.92 Å². The van der Waals surface area contributed by atoms with E-state index in [1.54, 1.807) is 0 Å². The molecule has 102 valence electrons. The lowest BCUT2D eigenvalue weighted by molar-refractivity contribution is 0.534. The Morgan fingerprint density at radius 2 is 1.89 bits per heavy atom. The number of hydrogen-bond acceptors (Lipinski definition) is 4. The number of anilines is 2. The van der Waals surface area contributed by atoms with Gasteiger partial charge in [0.15, 0.2) is 5.82 Å². The summed E-state index contributed by atoms with van der Waals surface area (Å²) in [7, 11) is 0. The minimum Gasteiger partial charge on any atom is -0.323 e. The summed E-state index contributed by atoms with van der Waals surface area (Å²) < 4.78 is 2.68. The predicted molar refractivity (Wildman–Crippen MR) is 79.7 cm³/mol. The van der Waals surface area contributed by atoms with Crippen LogP contribution < -0.4 is 5.32 Å². The van der Waals surface area contributed by atoms with Gasteiger partial charge in [0.25, 0.3) is 0 Å². The van der Waals surface area contributed by atoms with Crippen molar-refractivity contribution in [3.63, 3.8) is 0 Å². The zero-order valence-electron chi connectivity index (χ0n) is 11.6. The molecule has 0 saturated heterocycles. The van der Waals surface area contributed by atoms with Gasteiger partial charge in [-0.05, 0) is 29.8 Å². The van der Waals surface area contributed by atoms with Crippen molar-refractivity contribution in [2.45, 2.75) is 39.7 Å². The Labute approximate surface area is 121 Å². The number of aromatic nitrogens is 4. The van der Waals surface area contributed by atoms with Gasteiger partial charge in [-0.2, -0.15) is 5.10 Å². The maximum absolute atomic E-state index is 4.48. The average Bonchev–Trinajstić information content (AvgIpc) is 2.76. The summed E-state index contributed by atoms with van der Waals surface area (Å²) in [5.41, 5.74) is 0. The van der Waals surface area contributed by atoms with Crippen molar-refractivity contribution in [3.8, 4) is 0 Å². The van der Waals surface area contributed by atoms with Gasteiger partial charge in [0.05, 0.1) is 0 Å². The molecule has 2 rings (SSSR count). The van der Waals surface area contributed by atoms with Crippen LogP contribution in [-0.2, 0) is 0 Å². The topological polar surface area (TPSA) is 55.6 Å². The van der Waals surface area contributed by atoms with Crippen LogP contribution in [0.3, 0.4) is 0 Å². The van der Waals surface area contributed by atoms with Crippen LogP contribution >= 0.6 is 15.9 Å². The van der Waals surface area contributed by atoms with Gasteiger partial charge in [0.2, 0.25) is 0 Å². The molecule has 2 aromatic heterocycles. The molecule has 0 atom stereocenters. The van der Waals surface area contributed by atoms with E-state index in [1.165, 1.54) is 0 Å². The molecule has 0 unspecified atom stereocenters. The van der Waals surface area contributed by atoms with Gasteiger partial charge in [-0.15, -0.1) is 0 Å². The van der Waals surface area contributed by atoms with E-state index in [0.717, 1.165) is 22.1 Å². The van der Waals surface area contributed by atoms with Gasteiger partial charge < -0.3 is 5.32 Å². The van der Waals surface area contributed by atoms with Crippen LogP contribution in [0.25, 0.3) is 0 Å². The third-order valence-corrected chi connectivity index (χ3v) is 3.03. The highest BCUT2D eigenvalue weighted by molar-refractivity contribution is 9.10. The molecule has 0 aliphatic heterocycles. The monoisotopic (exact) mass is 323 g/mol. The summed E-state index contributed by atoms with van der Waals surface area (Å²) in [4.78, 5) is 8.83. The number of nitrogens with zero attached hydrogens (tertiary/aromatic N) is 4. The minimum absolute atomic E-state index is 0.284. The fraction of sp³-hybridized carbons (Fsp3) is 0.462. The molecule has 5 nitrogen and oxygen atoms in total. The highest BCUT2D eigenvalue weighted by Crippen LogP contribution is 2.20. The largest absolute Gasteiger partial charge is 0.323 e. The Balaban J connectivity index is 2.22. The van der Waals surface area contributed by atoms with Gasteiger partial charge in [-0.25, -0.2) is 9.97 Å². The molecule has 0 bridgehead atoms. The van der Waals surface area contributed by atoms with E-state index in [1.807, 2.05) is 23.0 Å². The smallest absolute Gasteiger partial charge is 0.153 e. The summed E-state index contributed by atoms with van der Waals surface area (Å²) >= 11 is 3.41. The van der Waals surface area contributed by atoms with Gasteiger partial charge in [0, 0.05) is 30.3 Å². The molecule has 0 saturated carbocycles. The number of nitrogens with one attached hydrogen (secondary N) is 1. The highest BCUT2D eigenvalue weighted by atomic mass is 79.9. The van der Waals surface area contributed by atoms with Crippen molar-refractivity contribution in [3.05, 3.63) is 28.8 Å². The third kappa shape index (κ3) is 3.53. The molecule has 0 aliphatic rings. The van der Waals surface area contributed by atoms with Crippen molar-refractivity contribution in [1.82, 2.24) is 19.7 Å². The molecule has 1 N–H and O–H groups in total. The standard InChI is InChI=1S/C13H18BrN5/c1-8(2)13-15-10(14)7-12(17-13)16-11-5-6-19(18-11)9(3)4/h5-9H,1-4H3,(H,15,16,17,18). The van der Waals surface area contributed by atoms with E-state index in [0.29, 0.717) is 6.04 Å². The molecular weight excluding hydrogens is 306 g/mol. The quantitative estimate of drug-likeness (QED) is 0.867. The van der Waals surface area contributed by atoms with Crippen molar-refractivity contribution < 1.29 is 0 Å². The molecule has 0 spiro atoms. The number of hydrogen-bond donors (Lipinski definition) is 1. The van der Waals surface area contributed by atoms with Gasteiger partial charge in [-0.3, -0.25) is 4.68 Å². The molecule has 0 aromatic carbocycles. The minimum atomic E-state index is 0.284. The summed E-state index contributed by atoms with van der Waals surface area (Å²) in [5, 5.41) is 7.64. The Kier molecular flexibility index (Phi) is 4.19. The van der Waals surface area contributed by atoms with E-state index in [9.17, 15) is 0 Å². The molecule has 19 heavy (non-hydrogen) atoms. The van der Waals surface area contributed by atoms with Gasteiger partial charge in [0.1, 0.15) is 16.2 Å². The first-order valence-electron chi connectivity index (χ1n) is 6.32. The van der Waals surface area contributed by atoms with Crippen LogP contribution in [0.15, 0.2) is 22.9 Å². The Morgan fingerprint density at radius 1 is 1.16 bits per heavy atom. The third-order valence-electron chi connectivity index (χ3n) is 2.62. The lowest BCUT2D eigenvalue weighted by Gasteiger charge is -2.08. The SMILES string of the molecule is CC(C)c1nc(Br)cc(Nc2ccn(C(C)C)n2)n1.